The highest BCUT2D eigenvalue weighted by atomic mass is 16.1. The average molecular weight is 333 g/mol. The molecule has 0 aromatic heterocycles. The van der Waals surface area contributed by atoms with Gasteiger partial charge in [0.05, 0.1) is 0 Å². The topological polar surface area (TPSA) is 29.1 Å². The van der Waals surface area contributed by atoms with Crippen molar-refractivity contribution in [3.05, 3.63) is 84.0 Å². The van der Waals surface area contributed by atoms with Crippen LogP contribution in [0.5, 0.6) is 0 Å². The van der Waals surface area contributed by atoms with Gasteiger partial charge in [-0.1, -0.05) is 61.1 Å². The Labute approximate surface area is 151 Å². The first kappa shape index (κ1) is 18.7. The summed E-state index contributed by atoms with van der Waals surface area (Å²) in [4.78, 5) is 11.2. The summed E-state index contributed by atoms with van der Waals surface area (Å²) in [5.41, 5.74) is 3.07. The first-order chi connectivity index (χ1) is 12.3. The molecule has 2 heteroatoms. The molecule has 2 aromatic carbocycles. The highest BCUT2D eigenvalue weighted by Crippen LogP contribution is 2.10. The van der Waals surface area contributed by atoms with Crippen LogP contribution in [0, 0.1) is 0 Å². The molecule has 0 aliphatic rings. The number of carbonyl (C=O) groups excluding carboxylic acids is 1. The third kappa shape index (κ3) is 7.67. The molecule has 130 valence electrons. The Morgan fingerprint density at radius 3 is 2.40 bits per heavy atom. The van der Waals surface area contributed by atoms with Crippen LogP contribution in [0.4, 0.5) is 5.69 Å². The summed E-state index contributed by atoms with van der Waals surface area (Å²) in [5.74, 6) is 0.109. The first-order valence-corrected chi connectivity index (χ1v) is 8.99. The lowest BCUT2D eigenvalue weighted by atomic mass is 10.1. The number of nitrogens with one attached hydrogen (secondary N) is 1. The summed E-state index contributed by atoms with van der Waals surface area (Å²) in [6, 6.07) is 18.0. The molecule has 0 aliphatic carbocycles. The van der Waals surface area contributed by atoms with Gasteiger partial charge < -0.3 is 5.32 Å². The second-order valence-corrected chi connectivity index (χ2v) is 6.11. The number of benzene rings is 2. The highest BCUT2D eigenvalue weighted by molar-refractivity contribution is 5.94. The van der Waals surface area contributed by atoms with Gasteiger partial charge in [-0.25, -0.2) is 0 Å². The fraction of sp³-hybridized carbons (Fsp3) is 0.261. The van der Waals surface area contributed by atoms with Crippen LogP contribution in [-0.2, 0) is 0 Å². The second kappa shape index (κ2) is 11.0. The van der Waals surface area contributed by atoms with E-state index in [1.165, 1.54) is 18.4 Å². The normalized spacial score (nSPS) is 11.2. The van der Waals surface area contributed by atoms with Crippen molar-refractivity contribution in [1.82, 2.24) is 0 Å². The third-order valence-electron chi connectivity index (χ3n) is 4.00. The molecule has 0 aliphatic heterocycles. The average Bonchev–Trinajstić information content (AvgIpc) is 2.64. The van der Waals surface area contributed by atoms with E-state index in [0.717, 1.165) is 30.6 Å². The number of carbonyl (C=O) groups is 1. The number of hydrogen-bond donors (Lipinski definition) is 1. The summed E-state index contributed by atoms with van der Waals surface area (Å²) < 4.78 is 0. The van der Waals surface area contributed by atoms with E-state index in [1.54, 1.807) is 6.92 Å². The Morgan fingerprint density at radius 1 is 0.920 bits per heavy atom. The smallest absolute Gasteiger partial charge is 0.159 e. The highest BCUT2D eigenvalue weighted by Gasteiger charge is 1.98. The van der Waals surface area contributed by atoms with Crippen molar-refractivity contribution in [3.63, 3.8) is 0 Å². The lowest BCUT2D eigenvalue weighted by Crippen LogP contribution is -2.01. The van der Waals surface area contributed by atoms with Crippen molar-refractivity contribution in [3.8, 4) is 0 Å². The summed E-state index contributed by atoms with van der Waals surface area (Å²) in [6.45, 7) is 2.56. The molecule has 0 saturated carbocycles. The molecule has 0 saturated heterocycles. The van der Waals surface area contributed by atoms with Crippen LogP contribution in [0.2, 0.25) is 0 Å². The van der Waals surface area contributed by atoms with Crippen molar-refractivity contribution in [1.29, 1.82) is 0 Å². The quantitative estimate of drug-likeness (QED) is 0.322. The van der Waals surface area contributed by atoms with Gasteiger partial charge in [0.25, 0.3) is 0 Å². The van der Waals surface area contributed by atoms with Gasteiger partial charge in [-0.05, 0) is 56.0 Å². The Bertz CT molecular complexity index is 684. The zero-order valence-electron chi connectivity index (χ0n) is 14.9. The van der Waals surface area contributed by atoms with E-state index in [-0.39, 0.29) is 5.78 Å². The molecule has 1 N–H and O–H groups in total. The van der Waals surface area contributed by atoms with Gasteiger partial charge in [0.15, 0.2) is 5.78 Å². The molecule has 0 spiro atoms. The fourth-order valence-electron chi connectivity index (χ4n) is 2.53. The van der Waals surface area contributed by atoms with Gasteiger partial charge in [-0.2, -0.15) is 0 Å². The van der Waals surface area contributed by atoms with Crippen molar-refractivity contribution in [2.45, 2.75) is 32.6 Å². The molecular weight excluding hydrogens is 306 g/mol. The number of ketones is 1. The Morgan fingerprint density at radius 2 is 1.68 bits per heavy atom. The largest absolute Gasteiger partial charge is 0.385 e. The Hall–Kier alpha value is -2.61. The number of allylic oxidation sites excluding steroid dienone is 3. The van der Waals surface area contributed by atoms with Gasteiger partial charge >= 0.3 is 0 Å². The predicted octanol–water partition coefficient (Wildman–Crippen LogP) is 6.13. The predicted molar refractivity (Wildman–Crippen MR) is 108 cm³/mol. The van der Waals surface area contributed by atoms with Crippen LogP contribution in [0.1, 0.15) is 48.5 Å². The minimum Gasteiger partial charge on any atom is -0.385 e. The monoisotopic (exact) mass is 333 g/mol. The summed E-state index contributed by atoms with van der Waals surface area (Å²) in [6.07, 6.45) is 13.3. The number of Topliss-reactive ketones (excluding diaryl/α,β-unsaturated/α-hetero) is 1. The van der Waals surface area contributed by atoms with E-state index in [1.807, 2.05) is 30.3 Å². The van der Waals surface area contributed by atoms with E-state index < -0.39 is 0 Å². The van der Waals surface area contributed by atoms with Gasteiger partial charge in [-0.3, -0.25) is 4.79 Å². The Kier molecular flexibility index (Phi) is 8.26. The molecule has 2 rings (SSSR count). The van der Waals surface area contributed by atoms with Crippen LogP contribution in [0.3, 0.4) is 0 Å². The van der Waals surface area contributed by atoms with Crippen LogP contribution in [-0.4, -0.2) is 12.3 Å². The van der Waals surface area contributed by atoms with Crippen LogP contribution in [0.25, 0.3) is 6.08 Å². The fourth-order valence-corrected chi connectivity index (χ4v) is 2.53. The molecule has 0 radical (unpaired) electrons. The van der Waals surface area contributed by atoms with Crippen molar-refractivity contribution >= 4 is 17.5 Å². The molecule has 0 unspecified atom stereocenters. The second-order valence-electron chi connectivity index (χ2n) is 6.11. The van der Waals surface area contributed by atoms with E-state index in [4.69, 9.17) is 0 Å². The van der Waals surface area contributed by atoms with Crippen LogP contribution in [0.15, 0.2) is 72.8 Å². The maximum atomic E-state index is 11.2. The number of anilines is 1. The number of hydrogen-bond acceptors (Lipinski definition) is 2. The third-order valence-corrected chi connectivity index (χ3v) is 4.00. The SMILES string of the molecule is CC(=O)c1ccc(NCCCCC/C=C/C=C/c2ccccc2)cc1. The minimum absolute atomic E-state index is 0.109. The van der Waals surface area contributed by atoms with Crippen LogP contribution >= 0.6 is 0 Å². The molecule has 0 bridgehead atoms. The molecule has 25 heavy (non-hydrogen) atoms. The Balaban J connectivity index is 1.52. The van der Waals surface area contributed by atoms with Crippen molar-refractivity contribution in [2.75, 3.05) is 11.9 Å². The zero-order chi connectivity index (χ0) is 17.7. The van der Waals surface area contributed by atoms with E-state index in [9.17, 15) is 4.79 Å². The van der Waals surface area contributed by atoms with E-state index in [2.05, 4.69) is 53.9 Å². The van der Waals surface area contributed by atoms with Gasteiger partial charge in [-0.15, -0.1) is 0 Å². The van der Waals surface area contributed by atoms with E-state index in [0.29, 0.717) is 0 Å². The van der Waals surface area contributed by atoms with Crippen molar-refractivity contribution in [2.24, 2.45) is 0 Å². The van der Waals surface area contributed by atoms with E-state index >= 15 is 0 Å². The first-order valence-electron chi connectivity index (χ1n) is 8.99. The lowest BCUT2D eigenvalue weighted by molar-refractivity contribution is 0.101. The minimum atomic E-state index is 0.109. The molecule has 0 heterocycles. The standard InChI is InChI=1S/C23H27NO/c1-20(25)22-15-17-23(18-16-22)24-19-11-6-4-2-3-5-8-12-21-13-9-7-10-14-21/h3,5,7-10,12-18,24H,2,4,6,11,19H2,1H3/b5-3+,12-8+. The molecule has 0 amide bonds. The molecular formula is C23H27NO. The number of rotatable bonds is 10. The number of unbranched alkanes of at least 4 members (excludes halogenated alkanes) is 3. The molecule has 2 nitrogen and oxygen atoms in total. The molecule has 0 fully saturated rings. The lowest BCUT2D eigenvalue weighted by Gasteiger charge is -2.06. The maximum Gasteiger partial charge on any atom is 0.159 e. The summed E-state index contributed by atoms with van der Waals surface area (Å²) in [5, 5.41) is 3.40. The van der Waals surface area contributed by atoms with Gasteiger partial charge in [0.1, 0.15) is 0 Å². The van der Waals surface area contributed by atoms with Gasteiger partial charge in [0.2, 0.25) is 0 Å². The maximum absolute atomic E-state index is 11.2. The molecule has 0 atom stereocenters. The van der Waals surface area contributed by atoms with Crippen molar-refractivity contribution < 1.29 is 4.79 Å². The molecule has 2 aromatic rings. The van der Waals surface area contributed by atoms with Crippen LogP contribution < -0.4 is 5.32 Å². The summed E-state index contributed by atoms with van der Waals surface area (Å²) >= 11 is 0. The summed E-state index contributed by atoms with van der Waals surface area (Å²) in [7, 11) is 0. The van der Waals surface area contributed by atoms with Gasteiger partial charge in [0, 0.05) is 17.8 Å². The zero-order valence-corrected chi connectivity index (χ0v) is 14.9.